The number of rotatable bonds is 10. The van der Waals surface area contributed by atoms with Crippen molar-refractivity contribution in [1.29, 1.82) is 0 Å². The Morgan fingerprint density at radius 3 is 2.53 bits per heavy atom. The summed E-state index contributed by atoms with van der Waals surface area (Å²) in [6.07, 6.45) is 6.61. The van der Waals surface area contributed by atoms with E-state index in [9.17, 15) is 28.3 Å². The van der Waals surface area contributed by atoms with Crippen molar-refractivity contribution < 1.29 is 18.7 Å². The smallest absolute Gasteiger partial charge is 0.337 e. The molecule has 14 heteroatoms. The van der Waals surface area contributed by atoms with E-state index in [0.717, 1.165) is 34.6 Å². The molecule has 0 unspecified atom stereocenters. The summed E-state index contributed by atoms with van der Waals surface area (Å²) >= 11 is 0. The Hall–Kier alpha value is -5.73. The third-order valence-corrected chi connectivity index (χ3v) is 9.84. The van der Waals surface area contributed by atoms with Crippen molar-refractivity contribution in [3.63, 3.8) is 0 Å². The van der Waals surface area contributed by atoms with Crippen molar-refractivity contribution in [3.05, 3.63) is 123 Å². The van der Waals surface area contributed by atoms with Crippen molar-refractivity contribution in [3.8, 4) is 22.6 Å². The third kappa shape index (κ3) is 7.46. The number of fused-ring (bicyclic) bond motifs is 2. The number of hydrogen-bond donors (Lipinski definition) is 2. The number of aromatic hydroxyl groups is 1. The molecule has 53 heavy (non-hydrogen) atoms. The highest BCUT2D eigenvalue weighted by Crippen LogP contribution is 2.31. The summed E-state index contributed by atoms with van der Waals surface area (Å²) in [6, 6.07) is 16.0. The van der Waals surface area contributed by atoms with Crippen molar-refractivity contribution in [2.75, 3.05) is 27.7 Å². The Labute approximate surface area is 303 Å². The minimum absolute atomic E-state index is 0.00366. The molecule has 0 atom stereocenters. The first-order valence-electron chi connectivity index (χ1n) is 17.5. The number of aromatic nitrogens is 5. The first kappa shape index (κ1) is 35.7. The number of carbonyl (C=O) groups is 1. The van der Waals surface area contributed by atoms with Gasteiger partial charge in [0.25, 0.3) is 5.56 Å². The molecule has 0 aliphatic heterocycles. The number of benzene rings is 2. The van der Waals surface area contributed by atoms with Crippen LogP contribution in [-0.2, 0) is 17.9 Å². The molecule has 1 amide bonds. The van der Waals surface area contributed by atoms with Gasteiger partial charge < -0.3 is 19.7 Å². The van der Waals surface area contributed by atoms with Crippen LogP contribution in [0.2, 0.25) is 0 Å². The lowest BCUT2D eigenvalue weighted by Gasteiger charge is -2.30. The van der Waals surface area contributed by atoms with Crippen LogP contribution in [0, 0.1) is 11.6 Å². The number of hydrogen-bond acceptors (Lipinski definition) is 8. The number of halogens is 2. The Morgan fingerprint density at radius 2 is 1.75 bits per heavy atom. The molecule has 0 bridgehead atoms. The first-order chi connectivity index (χ1) is 25.4. The second-order valence-corrected chi connectivity index (χ2v) is 13.9. The van der Waals surface area contributed by atoms with E-state index in [1.165, 1.54) is 26.3 Å². The summed E-state index contributed by atoms with van der Waals surface area (Å²) in [5.41, 5.74) is 3.02. The Kier molecular flexibility index (Phi) is 9.90. The normalized spacial score (nSPS) is 16.1. The average Bonchev–Trinajstić information content (AvgIpc) is 3.54. The summed E-state index contributed by atoms with van der Waals surface area (Å²) in [4.78, 5) is 52.8. The van der Waals surface area contributed by atoms with Crippen molar-refractivity contribution in [2.24, 2.45) is 0 Å². The Balaban J connectivity index is 1.18. The maximum absolute atomic E-state index is 14.6. The van der Waals surface area contributed by atoms with Gasteiger partial charge in [0.15, 0.2) is 5.65 Å². The molecule has 7 rings (SSSR count). The molecule has 1 aliphatic rings. The van der Waals surface area contributed by atoms with Crippen LogP contribution in [0.3, 0.4) is 0 Å². The molecule has 0 saturated heterocycles. The molecule has 2 N–H and O–H groups in total. The van der Waals surface area contributed by atoms with Crippen LogP contribution < -0.4 is 16.6 Å². The molecule has 4 heterocycles. The monoisotopic (exact) mass is 722 g/mol. The highest BCUT2D eigenvalue weighted by atomic mass is 19.1. The van der Waals surface area contributed by atoms with Crippen LogP contribution in [0.4, 0.5) is 8.78 Å². The number of nitrogens with one attached hydrogen (secondary N) is 1. The fraction of sp³-hybridized carbons (Fsp3) is 0.308. The van der Waals surface area contributed by atoms with Gasteiger partial charge in [0, 0.05) is 51.7 Å². The number of amides is 1. The zero-order valence-corrected chi connectivity index (χ0v) is 29.7. The van der Waals surface area contributed by atoms with Crippen molar-refractivity contribution in [2.45, 2.75) is 50.9 Å². The van der Waals surface area contributed by atoms with Crippen LogP contribution in [0.5, 0.6) is 5.75 Å². The zero-order valence-electron chi connectivity index (χ0n) is 29.7. The molecule has 2 aromatic carbocycles. The summed E-state index contributed by atoms with van der Waals surface area (Å²) < 4.78 is 32.5. The zero-order chi connectivity index (χ0) is 37.4. The van der Waals surface area contributed by atoms with Gasteiger partial charge in [-0.15, -0.1) is 0 Å². The van der Waals surface area contributed by atoms with Crippen LogP contribution in [-0.4, -0.2) is 78.0 Å². The maximum atomic E-state index is 14.6. The van der Waals surface area contributed by atoms with Crippen LogP contribution in [0.25, 0.3) is 33.5 Å². The second kappa shape index (κ2) is 14.7. The summed E-state index contributed by atoms with van der Waals surface area (Å²) in [6.45, 7) is 1.02. The van der Waals surface area contributed by atoms with E-state index < -0.39 is 23.1 Å². The molecule has 1 aliphatic carbocycles. The number of carbonyl (C=O) groups excluding carboxylic acids is 1. The van der Waals surface area contributed by atoms with Crippen LogP contribution in [0.15, 0.2) is 88.8 Å². The lowest BCUT2D eigenvalue weighted by Crippen LogP contribution is -2.44. The molecule has 1 fully saturated rings. The second-order valence-electron chi connectivity index (χ2n) is 13.9. The number of imidazole rings is 1. The van der Waals surface area contributed by atoms with Gasteiger partial charge >= 0.3 is 5.69 Å². The number of phenols is 1. The molecule has 274 valence electrons. The highest BCUT2D eigenvalue weighted by Gasteiger charge is 2.27. The molecule has 12 nitrogen and oxygen atoms in total. The predicted octanol–water partition coefficient (Wildman–Crippen LogP) is 4.64. The number of pyridine rings is 2. The summed E-state index contributed by atoms with van der Waals surface area (Å²) in [5.74, 6) is -1.02. The van der Waals surface area contributed by atoms with Gasteiger partial charge in [-0.05, 0) is 91.9 Å². The van der Waals surface area contributed by atoms with Gasteiger partial charge in [-0.1, -0.05) is 18.2 Å². The third-order valence-electron chi connectivity index (χ3n) is 9.84. The van der Waals surface area contributed by atoms with E-state index in [4.69, 9.17) is 0 Å². The molecule has 4 aromatic heterocycles. The molecule has 6 aromatic rings. The maximum Gasteiger partial charge on any atom is 0.337 e. The van der Waals surface area contributed by atoms with Gasteiger partial charge in [-0.2, -0.15) is 0 Å². The topological polar surface area (TPSA) is 130 Å². The predicted molar refractivity (Wildman–Crippen MR) is 197 cm³/mol. The van der Waals surface area contributed by atoms with Gasteiger partial charge in [-0.3, -0.25) is 19.1 Å². The van der Waals surface area contributed by atoms with Crippen LogP contribution in [0.1, 0.15) is 43.0 Å². The molecular formula is C39H40F2N8O4. The number of phenolic OH excluding ortho intramolecular Hbond substituents is 1. The molecule has 0 radical (unpaired) electrons. The Morgan fingerprint density at radius 1 is 0.962 bits per heavy atom. The largest absolute Gasteiger partial charge is 0.508 e. The van der Waals surface area contributed by atoms with E-state index >= 15 is 0 Å². The fourth-order valence-electron chi connectivity index (χ4n) is 7.15. The highest BCUT2D eigenvalue weighted by molar-refractivity contribution is 5.78. The number of likely N-dealkylation sites (N-methyl/N-ethyl adjacent to an activating group) is 2. The standard InChI is InChI=1S/C39H40F2N8O4/c1-45(2)36(51)23-46(3)20-25-16-32(50)12-13-33(25)24-5-4-6-31(15-24)48-37-34(17-27(41)18-43-37)38(52)49(39(48)53)30-10-8-28(9-11-30)42-19-29-22-47-21-26(40)7-14-35(47)44-29/h4-7,12-18,21-22,28,30,42,50H,8-11,19-20,23H2,1-3H3. The van der Waals surface area contributed by atoms with Gasteiger partial charge in [0.1, 0.15) is 23.0 Å². The summed E-state index contributed by atoms with van der Waals surface area (Å²) in [7, 11) is 5.21. The van der Waals surface area contributed by atoms with E-state index in [1.807, 2.05) is 18.0 Å². The van der Waals surface area contributed by atoms with E-state index in [-0.39, 0.29) is 41.1 Å². The lowest BCUT2D eigenvalue weighted by atomic mass is 9.91. The van der Waals surface area contributed by atoms with Crippen molar-refractivity contribution in [1.82, 2.24) is 38.6 Å². The van der Waals surface area contributed by atoms with E-state index in [0.29, 0.717) is 50.1 Å². The minimum atomic E-state index is -0.687. The lowest BCUT2D eigenvalue weighted by molar-refractivity contribution is -0.129. The first-order valence-corrected chi connectivity index (χ1v) is 17.5. The van der Waals surface area contributed by atoms with Gasteiger partial charge in [-0.25, -0.2) is 28.1 Å². The number of nitrogens with zero attached hydrogens (tertiary/aromatic N) is 7. The molecule has 0 spiro atoms. The van der Waals surface area contributed by atoms with E-state index in [2.05, 4.69) is 15.3 Å². The average molecular weight is 723 g/mol. The Bertz CT molecular complexity index is 2450. The summed E-state index contributed by atoms with van der Waals surface area (Å²) in [5, 5.41) is 13.9. The fourth-order valence-corrected chi connectivity index (χ4v) is 7.15. The minimum Gasteiger partial charge on any atom is -0.508 e. The van der Waals surface area contributed by atoms with Gasteiger partial charge in [0.05, 0.1) is 29.5 Å². The molecular weight excluding hydrogens is 682 g/mol. The quantitative estimate of drug-likeness (QED) is 0.209. The van der Waals surface area contributed by atoms with Gasteiger partial charge in [0.2, 0.25) is 5.91 Å². The molecule has 1 saturated carbocycles. The van der Waals surface area contributed by atoms with Crippen LogP contribution >= 0.6 is 0 Å². The van der Waals surface area contributed by atoms with Crippen molar-refractivity contribution >= 4 is 22.6 Å². The van der Waals surface area contributed by atoms with E-state index in [1.54, 1.807) is 67.2 Å². The SMILES string of the molecule is CN(CC(=O)N(C)C)Cc1cc(O)ccc1-c1cccc(-n2c(=O)n(C3CCC(NCc4cn5cc(F)ccc5n4)CC3)c(=O)c3cc(F)cnc32)c1.